The van der Waals surface area contributed by atoms with Gasteiger partial charge in [-0.1, -0.05) is 250 Å². The third kappa shape index (κ3) is 62.9. The number of rotatable bonds is 58. The molecule has 0 aromatic rings. The SMILES string of the molecule is CC/C=C\C/C=C\C/C=C\C/C=C\C/C=C\C/C=C\C/C=C\C/C=C\C/C=C\CCCCCC(=O)OC(COC(=O)CCCCCCCCCCCCCCC/C=C\C/C=C\CCCCCCC)COC(OCC[N+](C)(C)C)C(=O)[O-]. The van der Waals surface area contributed by atoms with E-state index in [-0.39, 0.29) is 38.6 Å². The lowest BCUT2D eigenvalue weighted by atomic mass is 10.0. The van der Waals surface area contributed by atoms with Gasteiger partial charge in [0.15, 0.2) is 12.4 Å². The first kappa shape index (κ1) is 76.4. The molecular weight excluding hydrogens is 1010 g/mol. The molecule has 0 saturated heterocycles. The Morgan fingerprint density at radius 1 is 0.383 bits per heavy atom. The van der Waals surface area contributed by atoms with Crippen LogP contribution >= 0.6 is 0 Å². The van der Waals surface area contributed by atoms with Crippen LogP contribution in [0, 0.1) is 0 Å². The van der Waals surface area contributed by atoms with Gasteiger partial charge in [-0.05, 0) is 116 Å². The first-order chi connectivity index (χ1) is 39.6. The monoisotopic (exact) mass is 1130 g/mol. The number of carboxylic acid groups (broad SMARTS) is 1. The van der Waals surface area contributed by atoms with Gasteiger partial charge in [0.2, 0.25) is 0 Å². The summed E-state index contributed by atoms with van der Waals surface area (Å²) in [6.07, 6.45) is 85.1. The Hall–Kier alpha value is -4.57. The maximum atomic E-state index is 12.9. The minimum Gasteiger partial charge on any atom is -0.545 e. The highest BCUT2D eigenvalue weighted by molar-refractivity contribution is 5.70. The Morgan fingerprint density at radius 2 is 0.704 bits per heavy atom. The summed E-state index contributed by atoms with van der Waals surface area (Å²) < 4.78 is 22.7. The zero-order valence-corrected chi connectivity index (χ0v) is 52.4. The van der Waals surface area contributed by atoms with Gasteiger partial charge in [0.05, 0.1) is 40.3 Å². The predicted molar refractivity (Wildman–Crippen MR) is 343 cm³/mol. The first-order valence-corrected chi connectivity index (χ1v) is 32.3. The first-order valence-electron chi connectivity index (χ1n) is 32.3. The number of aliphatic carboxylic acids is 1. The summed E-state index contributed by atoms with van der Waals surface area (Å²) >= 11 is 0. The van der Waals surface area contributed by atoms with E-state index in [1.807, 2.05) is 21.1 Å². The minimum atomic E-state index is -1.64. The second-order valence-corrected chi connectivity index (χ2v) is 22.3. The molecule has 0 N–H and O–H groups in total. The summed E-state index contributed by atoms with van der Waals surface area (Å²) in [4.78, 5) is 37.4. The third-order valence-corrected chi connectivity index (χ3v) is 13.4. The van der Waals surface area contributed by atoms with E-state index in [2.05, 4.69) is 148 Å². The molecule has 0 aromatic heterocycles. The zero-order valence-electron chi connectivity index (χ0n) is 52.4. The van der Waals surface area contributed by atoms with Crippen molar-refractivity contribution < 1.29 is 42.9 Å². The molecule has 0 aliphatic carbocycles. The van der Waals surface area contributed by atoms with Crippen LogP contribution in [0.4, 0.5) is 0 Å². The number of likely N-dealkylation sites (N-methyl/N-ethyl adjacent to an activating group) is 1. The Balaban J connectivity index is 4.30. The van der Waals surface area contributed by atoms with Crippen molar-refractivity contribution in [2.24, 2.45) is 0 Å². The number of carboxylic acids is 1. The van der Waals surface area contributed by atoms with Crippen LogP contribution < -0.4 is 5.11 Å². The van der Waals surface area contributed by atoms with Crippen molar-refractivity contribution in [2.45, 2.75) is 257 Å². The molecule has 0 radical (unpaired) electrons. The van der Waals surface area contributed by atoms with Crippen LogP contribution in [-0.2, 0) is 33.3 Å². The van der Waals surface area contributed by atoms with Crippen molar-refractivity contribution in [1.29, 1.82) is 0 Å². The number of allylic oxidation sites excluding steroid dienone is 22. The number of quaternary nitrogens is 1. The molecule has 0 aliphatic heterocycles. The average molecular weight is 1130 g/mol. The van der Waals surface area contributed by atoms with E-state index in [1.165, 1.54) is 109 Å². The van der Waals surface area contributed by atoms with Gasteiger partial charge >= 0.3 is 11.9 Å². The second-order valence-electron chi connectivity index (χ2n) is 22.3. The number of unbranched alkanes of at least 4 members (excludes halogenated alkanes) is 21. The highest BCUT2D eigenvalue weighted by atomic mass is 16.7. The van der Waals surface area contributed by atoms with Gasteiger partial charge < -0.3 is 33.3 Å². The molecule has 0 amide bonds. The normalized spacial score (nSPS) is 13.6. The lowest BCUT2D eigenvalue weighted by molar-refractivity contribution is -0.870. The highest BCUT2D eigenvalue weighted by Crippen LogP contribution is 2.15. The van der Waals surface area contributed by atoms with E-state index in [0.717, 1.165) is 103 Å². The molecule has 2 unspecified atom stereocenters. The van der Waals surface area contributed by atoms with Crippen molar-refractivity contribution in [3.63, 3.8) is 0 Å². The van der Waals surface area contributed by atoms with Crippen LogP contribution in [0.3, 0.4) is 0 Å². The molecular formula is C72H119NO8. The fourth-order valence-corrected chi connectivity index (χ4v) is 8.44. The van der Waals surface area contributed by atoms with E-state index in [1.54, 1.807) is 0 Å². The molecule has 0 fully saturated rings. The maximum Gasteiger partial charge on any atom is 0.306 e. The van der Waals surface area contributed by atoms with Crippen LogP contribution in [0.1, 0.15) is 245 Å². The smallest absolute Gasteiger partial charge is 0.306 e. The Kier molecular flexibility index (Phi) is 58.0. The summed E-state index contributed by atoms with van der Waals surface area (Å²) in [5.74, 6) is -2.34. The summed E-state index contributed by atoms with van der Waals surface area (Å²) in [7, 11) is 5.91. The van der Waals surface area contributed by atoms with Crippen LogP contribution in [0.25, 0.3) is 0 Å². The lowest BCUT2D eigenvalue weighted by Crippen LogP contribution is -2.44. The minimum absolute atomic E-state index is 0.134. The quantitative estimate of drug-likeness (QED) is 0.0195. The fourth-order valence-electron chi connectivity index (χ4n) is 8.44. The van der Waals surface area contributed by atoms with Gasteiger partial charge in [0.25, 0.3) is 0 Å². The molecule has 0 aromatic carbocycles. The van der Waals surface area contributed by atoms with Gasteiger partial charge in [-0.3, -0.25) is 9.59 Å². The van der Waals surface area contributed by atoms with Crippen molar-refractivity contribution >= 4 is 17.9 Å². The van der Waals surface area contributed by atoms with Crippen molar-refractivity contribution in [1.82, 2.24) is 0 Å². The summed E-state index contributed by atoms with van der Waals surface area (Å²) in [6.45, 7) is 4.58. The molecule has 0 spiro atoms. The van der Waals surface area contributed by atoms with Gasteiger partial charge in [-0.2, -0.15) is 0 Å². The molecule has 0 bridgehead atoms. The van der Waals surface area contributed by atoms with Gasteiger partial charge in [0, 0.05) is 12.8 Å². The number of esters is 2. The highest BCUT2D eigenvalue weighted by Gasteiger charge is 2.22. The van der Waals surface area contributed by atoms with E-state index in [4.69, 9.17) is 18.9 Å². The van der Waals surface area contributed by atoms with Gasteiger partial charge in [-0.25, -0.2) is 0 Å². The van der Waals surface area contributed by atoms with E-state index >= 15 is 0 Å². The maximum absolute atomic E-state index is 12.9. The Labute approximate surface area is 497 Å². The number of ether oxygens (including phenoxy) is 4. The number of nitrogens with zero attached hydrogens (tertiary/aromatic N) is 1. The van der Waals surface area contributed by atoms with Crippen LogP contribution in [0.15, 0.2) is 134 Å². The average Bonchev–Trinajstić information content (AvgIpc) is 3.44. The van der Waals surface area contributed by atoms with Crippen molar-refractivity contribution in [2.75, 3.05) is 47.5 Å². The molecule has 0 heterocycles. The van der Waals surface area contributed by atoms with Gasteiger partial charge in [0.1, 0.15) is 13.2 Å². The van der Waals surface area contributed by atoms with Crippen LogP contribution in [0.2, 0.25) is 0 Å². The second kappa shape index (κ2) is 61.5. The van der Waals surface area contributed by atoms with Crippen molar-refractivity contribution in [3.05, 3.63) is 134 Å². The van der Waals surface area contributed by atoms with E-state index in [9.17, 15) is 19.5 Å². The topological polar surface area (TPSA) is 111 Å². The lowest BCUT2D eigenvalue weighted by Gasteiger charge is -2.26. The van der Waals surface area contributed by atoms with Crippen molar-refractivity contribution in [3.8, 4) is 0 Å². The van der Waals surface area contributed by atoms with E-state index < -0.39 is 24.3 Å². The standard InChI is InChI=1S/C72H119NO8/c1-6-8-10-12-14-16-18-20-22-24-26-28-30-32-33-34-35-36-37-39-41-43-45-47-49-51-53-55-57-59-61-63-70(75)81-68(67-80-72(71(76)77)78-65-64-73(3,4)5)66-79-69(74)62-60-58-56-54-52-50-48-46-44-42-40-38-31-29-27-25-23-21-19-17-15-13-11-9-7-2/h8,10,14,16,19-22,25-28,32-33,35-36,39,41,45,47,51,53,68,72H,6-7,9,11-13,15,17-18,23-24,29-31,34,37-38,40,42-44,46,48-50,52,54-67H2,1-5H3/b10-8-,16-14-,21-19-,22-20-,27-25-,28-26-,33-32-,36-35-,41-39-,47-45-,53-51-. The molecule has 0 rings (SSSR count). The molecule has 460 valence electrons. The molecule has 81 heavy (non-hydrogen) atoms. The molecule has 0 saturated carbocycles. The fraction of sp³-hybridized carbons (Fsp3) is 0.653. The number of carbonyl (C=O) groups excluding carboxylic acids is 3. The van der Waals surface area contributed by atoms with Crippen LogP contribution in [0.5, 0.6) is 0 Å². The van der Waals surface area contributed by atoms with E-state index in [0.29, 0.717) is 17.4 Å². The summed E-state index contributed by atoms with van der Waals surface area (Å²) in [6, 6.07) is 0. The molecule has 0 aliphatic rings. The molecule has 2 atom stereocenters. The zero-order chi connectivity index (χ0) is 59.1. The number of hydrogen-bond acceptors (Lipinski definition) is 8. The molecule has 9 heteroatoms. The van der Waals surface area contributed by atoms with Gasteiger partial charge in [-0.15, -0.1) is 0 Å². The van der Waals surface area contributed by atoms with Crippen LogP contribution in [-0.4, -0.2) is 82.3 Å². The largest absolute Gasteiger partial charge is 0.545 e. The Bertz CT molecular complexity index is 1790. The third-order valence-electron chi connectivity index (χ3n) is 13.4. The summed E-state index contributed by atoms with van der Waals surface area (Å²) in [5, 5.41) is 11.8. The predicted octanol–water partition coefficient (Wildman–Crippen LogP) is 18.5. The Morgan fingerprint density at radius 3 is 1.06 bits per heavy atom. The number of hydrogen-bond donors (Lipinski definition) is 0. The molecule has 9 nitrogen and oxygen atoms in total. The summed E-state index contributed by atoms with van der Waals surface area (Å²) in [5.41, 5.74) is 0. The number of carbonyl (C=O) groups is 3.